The molecule has 1 atom stereocenters. The quantitative estimate of drug-likeness (QED) is 0.838. The first-order valence-electron chi connectivity index (χ1n) is 6.95. The third-order valence-corrected chi connectivity index (χ3v) is 3.75. The molecule has 0 aliphatic carbocycles. The standard InChI is InChI=1S/C16H18N2O2/c1-12-11-20-9-8-18(12)15(19)10-14-5-2-4-13-6-3-7-17-16(13)14/h2-7,12H,8-11H2,1H3/t12-/m0/s1. The Bertz CT molecular complexity index is 621. The van der Waals surface area contributed by atoms with E-state index < -0.39 is 0 Å². The molecule has 20 heavy (non-hydrogen) atoms. The molecule has 104 valence electrons. The van der Waals surface area contributed by atoms with Gasteiger partial charge in [0.15, 0.2) is 0 Å². The number of fused-ring (bicyclic) bond motifs is 1. The lowest BCUT2D eigenvalue weighted by Gasteiger charge is -2.33. The van der Waals surface area contributed by atoms with E-state index >= 15 is 0 Å². The van der Waals surface area contributed by atoms with Gasteiger partial charge in [-0.1, -0.05) is 24.3 Å². The maximum Gasteiger partial charge on any atom is 0.227 e. The van der Waals surface area contributed by atoms with Gasteiger partial charge in [-0.25, -0.2) is 0 Å². The van der Waals surface area contributed by atoms with Gasteiger partial charge in [-0.3, -0.25) is 9.78 Å². The van der Waals surface area contributed by atoms with Gasteiger partial charge in [-0.15, -0.1) is 0 Å². The van der Waals surface area contributed by atoms with E-state index in [0.717, 1.165) is 16.5 Å². The molecule has 2 heterocycles. The first-order valence-corrected chi connectivity index (χ1v) is 6.95. The summed E-state index contributed by atoms with van der Waals surface area (Å²) in [5.74, 6) is 0.152. The number of pyridine rings is 1. The largest absolute Gasteiger partial charge is 0.377 e. The van der Waals surface area contributed by atoms with Gasteiger partial charge < -0.3 is 9.64 Å². The topological polar surface area (TPSA) is 42.4 Å². The smallest absolute Gasteiger partial charge is 0.227 e. The fourth-order valence-electron chi connectivity index (χ4n) is 2.67. The zero-order valence-corrected chi connectivity index (χ0v) is 11.6. The van der Waals surface area contributed by atoms with Crippen molar-refractivity contribution in [3.8, 4) is 0 Å². The highest BCUT2D eigenvalue weighted by Gasteiger charge is 2.24. The van der Waals surface area contributed by atoms with Crippen molar-refractivity contribution in [2.24, 2.45) is 0 Å². The number of morpholine rings is 1. The molecule has 0 saturated carbocycles. The number of benzene rings is 1. The van der Waals surface area contributed by atoms with Crippen molar-refractivity contribution in [1.29, 1.82) is 0 Å². The molecule has 0 spiro atoms. The fourth-order valence-corrected chi connectivity index (χ4v) is 2.67. The first kappa shape index (κ1) is 13.1. The average molecular weight is 270 g/mol. The zero-order chi connectivity index (χ0) is 13.9. The highest BCUT2D eigenvalue weighted by molar-refractivity contribution is 5.87. The van der Waals surface area contributed by atoms with Crippen LogP contribution in [0.1, 0.15) is 12.5 Å². The Hall–Kier alpha value is -1.94. The highest BCUT2D eigenvalue weighted by Crippen LogP contribution is 2.18. The summed E-state index contributed by atoms with van der Waals surface area (Å²) in [6, 6.07) is 10.1. The summed E-state index contributed by atoms with van der Waals surface area (Å²) in [5.41, 5.74) is 1.91. The van der Waals surface area contributed by atoms with Gasteiger partial charge >= 0.3 is 0 Å². The second-order valence-electron chi connectivity index (χ2n) is 5.18. The summed E-state index contributed by atoms with van der Waals surface area (Å²) < 4.78 is 5.38. The summed E-state index contributed by atoms with van der Waals surface area (Å²) in [6.45, 7) is 3.96. The van der Waals surface area contributed by atoms with E-state index in [-0.39, 0.29) is 11.9 Å². The summed E-state index contributed by atoms with van der Waals surface area (Å²) >= 11 is 0. The number of nitrogens with zero attached hydrogens (tertiary/aromatic N) is 2. The van der Waals surface area contributed by atoms with Crippen LogP contribution in [0.4, 0.5) is 0 Å². The Morgan fingerprint density at radius 3 is 3.10 bits per heavy atom. The van der Waals surface area contributed by atoms with Crippen LogP contribution >= 0.6 is 0 Å². The molecule has 0 bridgehead atoms. The van der Waals surface area contributed by atoms with Crippen molar-refractivity contribution in [2.45, 2.75) is 19.4 Å². The van der Waals surface area contributed by atoms with Crippen LogP contribution in [0.3, 0.4) is 0 Å². The van der Waals surface area contributed by atoms with Crippen molar-refractivity contribution in [2.75, 3.05) is 19.8 Å². The number of carbonyl (C=O) groups excluding carboxylic acids is 1. The fraction of sp³-hybridized carbons (Fsp3) is 0.375. The van der Waals surface area contributed by atoms with Gasteiger partial charge in [0.25, 0.3) is 0 Å². The summed E-state index contributed by atoms with van der Waals surface area (Å²) in [4.78, 5) is 18.8. The van der Waals surface area contributed by atoms with E-state index in [4.69, 9.17) is 4.74 Å². The van der Waals surface area contributed by atoms with Gasteiger partial charge in [0, 0.05) is 18.1 Å². The molecular formula is C16H18N2O2. The van der Waals surface area contributed by atoms with E-state index in [9.17, 15) is 4.79 Å². The van der Waals surface area contributed by atoms with E-state index in [1.165, 1.54) is 0 Å². The number of rotatable bonds is 2. The number of para-hydroxylation sites is 1. The van der Waals surface area contributed by atoms with Crippen LogP contribution in [-0.2, 0) is 16.0 Å². The lowest BCUT2D eigenvalue weighted by atomic mass is 10.1. The number of hydrogen-bond acceptors (Lipinski definition) is 3. The number of carbonyl (C=O) groups is 1. The average Bonchev–Trinajstić information content (AvgIpc) is 2.48. The van der Waals surface area contributed by atoms with E-state index in [2.05, 4.69) is 4.98 Å². The van der Waals surface area contributed by atoms with Crippen molar-refractivity contribution in [3.05, 3.63) is 42.1 Å². The Morgan fingerprint density at radius 2 is 2.25 bits per heavy atom. The molecule has 1 fully saturated rings. The van der Waals surface area contributed by atoms with E-state index in [1.54, 1.807) is 6.20 Å². The van der Waals surface area contributed by atoms with E-state index in [1.807, 2.05) is 42.2 Å². The normalized spacial score (nSPS) is 19.2. The molecule has 3 rings (SSSR count). The SMILES string of the molecule is C[C@H]1COCCN1C(=O)Cc1cccc2cccnc12. The number of aromatic nitrogens is 1. The lowest BCUT2D eigenvalue weighted by molar-refractivity contribution is -0.138. The van der Waals surface area contributed by atoms with Gasteiger partial charge in [0.05, 0.1) is 31.2 Å². The summed E-state index contributed by atoms with van der Waals surface area (Å²) in [5, 5.41) is 1.08. The van der Waals surface area contributed by atoms with Gasteiger partial charge in [0.1, 0.15) is 0 Å². The predicted molar refractivity (Wildman–Crippen MR) is 77.4 cm³/mol. The van der Waals surface area contributed by atoms with Gasteiger partial charge in [-0.2, -0.15) is 0 Å². The Morgan fingerprint density at radius 1 is 1.40 bits per heavy atom. The van der Waals surface area contributed by atoms with Crippen LogP contribution in [0, 0.1) is 0 Å². The Kier molecular flexibility index (Phi) is 3.65. The second kappa shape index (κ2) is 5.59. The molecule has 1 aromatic carbocycles. The Balaban J connectivity index is 1.84. The van der Waals surface area contributed by atoms with Crippen LogP contribution in [0.25, 0.3) is 10.9 Å². The molecular weight excluding hydrogens is 252 g/mol. The maximum atomic E-state index is 12.5. The summed E-state index contributed by atoms with van der Waals surface area (Å²) in [7, 11) is 0. The minimum atomic E-state index is 0.152. The van der Waals surface area contributed by atoms with Gasteiger partial charge in [-0.05, 0) is 18.6 Å². The molecule has 1 aromatic heterocycles. The minimum Gasteiger partial charge on any atom is -0.377 e. The lowest BCUT2D eigenvalue weighted by Crippen LogP contribution is -2.47. The van der Waals surface area contributed by atoms with Gasteiger partial charge in [0.2, 0.25) is 5.91 Å². The Labute approximate surface area is 118 Å². The van der Waals surface area contributed by atoms with Crippen molar-refractivity contribution in [3.63, 3.8) is 0 Å². The maximum absolute atomic E-state index is 12.5. The number of ether oxygens (including phenoxy) is 1. The third-order valence-electron chi connectivity index (χ3n) is 3.75. The molecule has 0 unspecified atom stereocenters. The molecule has 0 N–H and O–H groups in total. The molecule has 1 aliphatic heterocycles. The van der Waals surface area contributed by atoms with E-state index in [0.29, 0.717) is 26.2 Å². The zero-order valence-electron chi connectivity index (χ0n) is 11.6. The molecule has 4 nitrogen and oxygen atoms in total. The van der Waals surface area contributed by atoms with Crippen molar-refractivity contribution in [1.82, 2.24) is 9.88 Å². The highest BCUT2D eigenvalue weighted by atomic mass is 16.5. The van der Waals surface area contributed by atoms with Crippen LogP contribution in [0.5, 0.6) is 0 Å². The molecule has 1 amide bonds. The summed E-state index contributed by atoms with van der Waals surface area (Å²) in [6.07, 6.45) is 2.17. The molecule has 1 aliphatic rings. The van der Waals surface area contributed by atoms with Crippen molar-refractivity contribution >= 4 is 16.8 Å². The number of hydrogen-bond donors (Lipinski definition) is 0. The van der Waals surface area contributed by atoms with Crippen LogP contribution in [-0.4, -0.2) is 41.6 Å². The third kappa shape index (κ3) is 2.51. The second-order valence-corrected chi connectivity index (χ2v) is 5.18. The number of amides is 1. The van der Waals surface area contributed by atoms with Crippen LogP contribution in [0.2, 0.25) is 0 Å². The first-order chi connectivity index (χ1) is 9.75. The molecule has 4 heteroatoms. The van der Waals surface area contributed by atoms with Crippen LogP contribution in [0.15, 0.2) is 36.5 Å². The van der Waals surface area contributed by atoms with Crippen LogP contribution < -0.4 is 0 Å². The monoisotopic (exact) mass is 270 g/mol. The molecule has 2 aromatic rings. The molecule has 0 radical (unpaired) electrons. The predicted octanol–water partition coefficient (Wildman–Crippen LogP) is 2.02. The molecule has 1 saturated heterocycles. The van der Waals surface area contributed by atoms with Crippen molar-refractivity contribution < 1.29 is 9.53 Å². The minimum absolute atomic E-state index is 0.152.